The number of hydrogen-bond donors (Lipinski definition) is 5. The van der Waals surface area contributed by atoms with Crippen LogP contribution in [0.2, 0.25) is 0 Å². The minimum atomic E-state index is -1.59. The lowest BCUT2D eigenvalue weighted by Crippen LogP contribution is -2.53. The van der Waals surface area contributed by atoms with Crippen LogP contribution in [0.25, 0.3) is 10.2 Å². The number of aromatic amines is 1. The Hall–Kier alpha value is -2.44. The normalized spacial score (nSPS) is 20.3. The number of β-amino-alcohol motifs (C(OH)–C–C–N with tert-alkyl or cyclic N) is 2. The summed E-state index contributed by atoms with van der Waals surface area (Å²) in [7, 11) is 0. The number of fused-ring (bicyclic) bond motifs is 1. The van der Waals surface area contributed by atoms with Crippen LogP contribution in [0.15, 0.2) is 46.3 Å². The Balaban J connectivity index is 1.47. The van der Waals surface area contributed by atoms with Crippen LogP contribution in [0.3, 0.4) is 0 Å². The highest BCUT2D eigenvalue weighted by atomic mass is 79.9. The Morgan fingerprint density at radius 1 is 1.22 bits per heavy atom. The number of ether oxygens (including phenoxy) is 1. The maximum absolute atomic E-state index is 12.8. The third kappa shape index (κ3) is 5.13. The zero-order valence-electron chi connectivity index (χ0n) is 16.8. The van der Waals surface area contributed by atoms with Crippen LogP contribution < -0.4 is 10.1 Å². The number of nitrogens with one attached hydrogen (secondary N) is 2. The number of carbonyl (C=O) groups excluding carboxylic acids is 2. The summed E-state index contributed by atoms with van der Waals surface area (Å²) in [6, 6.07) is 11.7. The molecule has 1 fully saturated rings. The highest BCUT2D eigenvalue weighted by Crippen LogP contribution is 2.32. The van der Waals surface area contributed by atoms with E-state index in [-0.39, 0.29) is 25.4 Å². The lowest BCUT2D eigenvalue weighted by atomic mass is 10.0. The van der Waals surface area contributed by atoms with Crippen molar-refractivity contribution in [1.82, 2.24) is 15.2 Å². The molecule has 2 amide bonds. The second-order valence-electron chi connectivity index (χ2n) is 7.61. The average molecular weight is 524 g/mol. The highest BCUT2D eigenvalue weighted by Gasteiger charge is 2.38. The van der Waals surface area contributed by atoms with Gasteiger partial charge in [0.25, 0.3) is 5.91 Å². The Labute approximate surface area is 195 Å². The van der Waals surface area contributed by atoms with Gasteiger partial charge in [0.15, 0.2) is 6.10 Å². The maximum Gasteiger partial charge on any atom is 0.414 e. The molecule has 0 unspecified atom stereocenters. The number of aromatic nitrogens is 1. The van der Waals surface area contributed by atoms with Gasteiger partial charge in [-0.3, -0.25) is 4.79 Å². The molecule has 1 saturated heterocycles. The van der Waals surface area contributed by atoms with Crippen LogP contribution in [0.5, 0.6) is 5.88 Å². The molecular formula is C21H22BrN3O6S. The summed E-state index contributed by atoms with van der Waals surface area (Å²) in [5.74, 6) is -0.451. The largest absolute Gasteiger partial charge is 0.414 e. The molecule has 0 spiro atoms. The number of H-pyrrole nitrogens is 1. The van der Waals surface area contributed by atoms with Crippen molar-refractivity contribution in [3.8, 4) is 5.88 Å². The summed E-state index contributed by atoms with van der Waals surface area (Å²) in [4.78, 5) is 29.5. The molecule has 11 heteroatoms. The van der Waals surface area contributed by atoms with Gasteiger partial charge in [0.2, 0.25) is 5.88 Å². The SMILES string of the molecule is O=C(N[C@@H](Cc1ccccc1)[C@@H](O)C(=O)N1C[C@@H](O)[C@@H](O)C1)Oc1cc2sc(Br)cc2[nH]1. The van der Waals surface area contributed by atoms with Gasteiger partial charge in [0.1, 0.15) is 0 Å². The van der Waals surface area contributed by atoms with Crippen LogP contribution in [-0.2, 0) is 11.2 Å². The number of carbonyl (C=O) groups is 2. The number of amides is 2. The van der Waals surface area contributed by atoms with E-state index in [4.69, 9.17) is 4.74 Å². The molecule has 4 atom stereocenters. The third-order valence-electron chi connectivity index (χ3n) is 5.26. The summed E-state index contributed by atoms with van der Waals surface area (Å²) < 4.78 is 7.17. The van der Waals surface area contributed by atoms with E-state index in [0.717, 1.165) is 19.6 Å². The Bertz CT molecular complexity index is 1060. The number of thiophene rings is 1. The molecule has 4 rings (SSSR count). The first kappa shape index (κ1) is 22.7. The van der Waals surface area contributed by atoms with E-state index in [0.29, 0.717) is 0 Å². The van der Waals surface area contributed by atoms with Crippen molar-refractivity contribution in [2.45, 2.75) is 30.8 Å². The fraction of sp³-hybridized carbons (Fsp3) is 0.333. The predicted molar refractivity (Wildman–Crippen MR) is 122 cm³/mol. The zero-order chi connectivity index (χ0) is 22.8. The molecule has 3 aromatic rings. The fourth-order valence-electron chi connectivity index (χ4n) is 3.62. The number of aliphatic hydroxyl groups is 3. The van der Waals surface area contributed by atoms with Crippen LogP contribution in [-0.4, -0.2) is 74.6 Å². The van der Waals surface area contributed by atoms with E-state index >= 15 is 0 Å². The van der Waals surface area contributed by atoms with Gasteiger partial charge in [-0.2, -0.15) is 0 Å². The fourth-order valence-corrected chi connectivity index (χ4v) is 5.15. The third-order valence-corrected chi connectivity index (χ3v) is 6.85. The number of hydrogen-bond acceptors (Lipinski definition) is 7. The molecule has 1 aliphatic heterocycles. The Morgan fingerprint density at radius 2 is 1.91 bits per heavy atom. The first-order chi connectivity index (χ1) is 15.3. The Morgan fingerprint density at radius 3 is 2.56 bits per heavy atom. The van der Waals surface area contributed by atoms with Gasteiger partial charge in [-0.1, -0.05) is 30.3 Å². The summed E-state index contributed by atoms with van der Waals surface area (Å²) in [5, 5.41) is 32.8. The number of halogens is 1. The van der Waals surface area contributed by atoms with Gasteiger partial charge < -0.3 is 35.3 Å². The predicted octanol–water partition coefficient (Wildman–Crippen LogP) is 1.62. The quantitative estimate of drug-likeness (QED) is 0.333. The molecule has 0 saturated carbocycles. The second-order valence-corrected chi connectivity index (χ2v) is 10.1. The topological polar surface area (TPSA) is 135 Å². The molecule has 1 aromatic carbocycles. The summed E-state index contributed by atoms with van der Waals surface area (Å²) in [6.07, 6.45) is -4.39. The van der Waals surface area contributed by atoms with Gasteiger partial charge in [-0.15, -0.1) is 11.3 Å². The number of nitrogens with zero attached hydrogens (tertiary/aromatic N) is 1. The molecule has 0 radical (unpaired) electrons. The van der Waals surface area contributed by atoms with E-state index in [2.05, 4.69) is 26.2 Å². The van der Waals surface area contributed by atoms with Gasteiger partial charge in [0.05, 0.1) is 32.3 Å². The smallest absolute Gasteiger partial charge is 0.393 e. The number of benzene rings is 1. The van der Waals surface area contributed by atoms with Gasteiger partial charge in [0, 0.05) is 19.2 Å². The van der Waals surface area contributed by atoms with Crippen molar-refractivity contribution in [2.24, 2.45) is 0 Å². The number of aliphatic hydroxyl groups excluding tert-OH is 3. The van der Waals surface area contributed by atoms with Crippen molar-refractivity contribution in [1.29, 1.82) is 0 Å². The summed E-state index contributed by atoms with van der Waals surface area (Å²) in [6.45, 7) is -0.178. The van der Waals surface area contributed by atoms with Crippen LogP contribution in [0.4, 0.5) is 4.79 Å². The molecule has 3 heterocycles. The molecule has 9 nitrogen and oxygen atoms in total. The number of rotatable bonds is 6. The van der Waals surface area contributed by atoms with Crippen molar-refractivity contribution >= 4 is 49.5 Å². The van der Waals surface area contributed by atoms with E-state index in [1.54, 1.807) is 6.07 Å². The summed E-state index contributed by atoms with van der Waals surface area (Å²) >= 11 is 4.87. The Kier molecular flexibility index (Phi) is 6.82. The minimum Gasteiger partial charge on any atom is -0.393 e. The maximum atomic E-state index is 12.8. The first-order valence-corrected chi connectivity index (χ1v) is 11.5. The van der Waals surface area contributed by atoms with Crippen molar-refractivity contribution < 1.29 is 29.6 Å². The molecule has 5 N–H and O–H groups in total. The van der Waals surface area contributed by atoms with Crippen LogP contribution in [0, 0.1) is 0 Å². The van der Waals surface area contributed by atoms with Gasteiger partial charge in [-0.05, 0) is 34.0 Å². The molecule has 0 bridgehead atoms. The lowest BCUT2D eigenvalue weighted by molar-refractivity contribution is -0.141. The first-order valence-electron chi connectivity index (χ1n) is 9.93. The van der Waals surface area contributed by atoms with Crippen molar-refractivity contribution in [2.75, 3.05) is 13.1 Å². The molecule has 0 aliphatic carbocycles. The van der Waals surface area contributed by atoms with E-state index < -0.39 is 36.4 Å². The minimum absolute atomic E-state index is 0.0890. The standard InChI is InChI=1S/C21H22BrN3O6S/c22-17-7-12-16(32-17)8-18(23-12)31-21(30)24-13(6-11-4-2-1-3-5-11)19(28)20(29)25-9-14(26)15(27)10-25/h1-5,7-8,13-15,19,23,26-28H,6,9-10H2,(H,24,30)/t13-,14-,15+,19+/m0/s1. The average Bonchev–Trinajstić information content (AvgIpc) is 3.39. The van der Waals surface area contributed by atoms with Gasteiger partial charge in [-0.25, -0.2) is 4.79 Å². The molecule has 2 aromatic heterocycles. The summed E-state index contributed by atoms with van der Waals surface area (Å²) in [5.41, 5.74) is 1.61. The number of likely N-dealkylation sites (tertiary alicyclic amines) is 1. The molecule has 170 valence electrons. The highest BCUT2D eigenvalue weighted by molar-refractivity contribution is 9.11. The zero-order valence-corrected chi connectivity index (χ0v) is 19.2. The lowest BCUT2D eigenvalue weighted by Gasteiger charge is -2.26. The van der Waals surface area contributed by atoms with Crippen LogP contribution >= 0.6 is 27.3 Å². The van der Waals surface area contributed by atoms with E-state index in [9.17, 15) is 24.9 Å². The van der Waals surface area contributed by atoms with Crippen LogP contribution in [0.1, 0.15) is 5.56 Å². The molecular weight excluding hydrogens is 502 g/mol. The second kappa shape index (κ2) is 9.59. The van der Waals surface area contributed by atoms with E-state index in [1.807, 2.05) is 36.4 Å². The monoisotopic (exact) mass is 523 g/mol. The molecule has 1 aliphatic rings. The van der Waals surface area contributed by atoms with E-state index in [1.165, 1.54) is 16.2 Å². The van der Waals surface area contributed by atoms with Gasteiger partial charge >= 0.3 is 6.09 Å². The van der Waals surface area contributed by atoms with Crippen molar-refractivity contribution in [3.05, 3.63) is 51.8 Å². The van der Waals surface area contributed by atoms with Crippen molar-refractivity contribution in [3.63, 3.8) is 0 Å². The molecule has 32 heavy (non-hydrogen) atoms.